The van der Waals surface area contributed by atoms with Crippen LogP contribution in [0.1, 0.15) is 31.8 Å². The third kappa shape index (κ3) is 4.17. The van der Waals surface area contributed by atoms with Crippen molar-refractivity contribution in [2.24, 2.45) is 0 Å². The van der Waals surface area contributed by atoms with Crippen LogP contribution >= 0.6 is 11.3 Å². The number of benzene rings is 1. The maximum atomic E-state index is 11.8. The molecule has 5 nitrogen and oxygen atoms in total. The molecule has 0 spiro atoms. The highest BCUT2D eigenvalue weighted by atomic mass is 32.1. The van der Waals surface area contributed by atoms with Crippen LogP contribution in [0.2, 0.25) is 0 Å². The number of ether oxygens (including phenoxy) is 2. The fraction of sp³-hybridized carbons (Fsp3) is 0.188. The third-order valence-corrected chi connectivity index (χ3v) is 3.89. The predicted molar refractivity (Wildman–Crippen MR) is 81.3 cm³/mol. The largest absolute Gasteiger partial charge is 0.490 e. The van der Waals surface area contributed by atoms with Gasteiger partial charge in [-0.25, -0.2) is 4.79 Å². The van der Waals surface area contributed by atoms with Crippen molar-refractivity contribution in [2.75, 3.05) is 13.2 Å². The molecule has 2 aromatic rings. The van der Waals surface area contributed by atoms with Crippen molar-refractivity contribution in [1.82, 2.24) is 0 Å². The van der Waals surface area contributed by atoms with Gasteiger partial charge in [0, 0.05) is 0 Å². The number of carbonyl (C=O) groups excluding carboxylic acids is 2. The number of Topliss-reactive ketones (excluding diaryl/α,β-unsaturated/α-hetero) is 1. The number of thiophene rings is 1. The Labute approximate surface area is 131 Å². The Bertz CT molecular complexity index is 712. The predicted octanol–water partition coefficient (Wildman–Crippen LogP) is 3.06. The average Bonchev–Trinajstić information content (AvgIpc) is 3.02. The SMILES string of the molecule is CC(=O)c1ccc(C(=O)OCCOc2ccc(C#N)cc2)s1. The standard InChI is InChI=1S/C16H13NO4S/c1-11(18)14-6-7-15(22-14)16(19)21-9-8-20-13-4-2-12(10-17)3-5-13/h2-7H,8-9H2,1H3. The molecule has 2 rings (SSSR count). The van der Waals surface area contributed by atoms with Crippen molar-refractivity contribution in [3.05, 3.63) is 51.7 Å². The van der Waals surface area contributed by atoms with Crippen LogP contribution in [0.15, 0.2) is 36.4 Å². The number of esters is 1. The van der Waals surface area contributed by atoms with Gasteiger partial charge in [0.15, 0.2) is 5.78 Å². The van der Waals surface area contributed by atoms with E-state index in [9.17, 15) is 9.59 Å². The van der Waals surface area contributed by atoms with Crippen LogP contribution in [0.25, 0.3) is 0 Å². The van der Waals surface area contributed by atoms with Gasteiger partial charge in [-0.1, -0.05) is 0 Å². The smallest absolute Gasteiger partial charge is 0.348 e. The van der Waals surface area contributed by atoms with E-state index in [1.165, 1.54) is 6.92 Å². The Kier molecular flexibility index (Phi) is 5.28. The van der Waals surface area contributed by atoms with Gasteiger partial charge in [0.25, 0.3) is 0 Å². The molecular formula is C16H13NO4S. The van der Waals surface area contributed by atoms with Gasteiger partial charge in [0.1, 0.15) is 23.8 Å². The van der Waals surface area contributed by atoms with Crippen molar-refractivity contribution in [1.29, 1.82) is 5.26 Å². The van der Waals surface area contributed by atoms with Crippen LogP contribution in [0.3, 0.4) is 0 Å². The van der Waals surface area contributed by atoms with Crippen LogP contribution in [0.5, 0.6) is 5.75 Å². The fourth-order valence-corrected chi connectivity index (χ4v) is 2.42. The summed E-state index contributed by atoms with van der Waals surface area (Å²) < 4.78 is 10.5. The summed E-state index contributed by atoms with van der Waals surface area (Å²) in [7, 11) is 0. The monoisotopic (exact) mass is 315 g/mol. The normalized spacial score (nSPS) is 9.82. The summed E-state index contributed by atoms with van der Waals surface area (Å²) in [5.41, 5.74) is 0.553. The highest BCUT2D eigenvalue weighted by Gasteiger charge is 2.12. The molecular weight excluding hydrogens is 302 g/mol. The number of rotatable bonds is 6. The van der Waals surface area contributed by atoms with Crippen molar-refractivity contribution >= 4 is 23.1 Å². The summed E-state index contributed by atoms with van der Waals surface area (Å²) in [5, 5.41) is 8.68. The van der Waals surface area contributed by atoms with E-state index >= 15 is 0 Å². The second kappa shape index (κ2) is 7.38. The number of ketones is 1. The lowest BCUT2D eigenvalue weighted by Crippen LogP contribution is -2.11. The summed E-state index contributed by atoms with van der Waals surface area (Å²) in [6.07, 6.45) is 0. The molecule has 112 valence electrons. The van der Waals surface area contributed by atoms with Gasteiger partial charge < -0.3 is 9.47 Å². The Morgan fingerprint density at radius 2 is 1.77 bits per heavy atom. The van der Waals surface area contributed by atoms with E-state index < -0.39 is 5.97 Å². The molecule has 0 saturated carbocycles. The Morgan fingerprint density at radius 1 is 1.09 bits per heavy atom. The molecule has 0 aliphatic carbocycles. The number of hydrogen-bond donors (Lipinski definition) is 0. The molecule has 0 amide bonds. The van der Waals surface area contributed by atoms with Crippen LogP contribution in [-0.2, 0) is 4.74 Å². The summed E-state index contributed by atoms with van der Waals surface area (Å²) in [5.74, 6) is 0.0548. The molecule has 0 aliphatic rings. The first-order valence-corrected chi connectivity index (χ1v) is 7.32. The van der Waals surface area contributed by atoms with E-state index in [1.807, 2.05) is 6.07 Å². The van der Waals surface area contributed by atoms with E-state index in [1.54, 1.807) is 36.4 Å². The fourth-order valence-electron chi connectivity index (χ4n) is 1.63. The molecule has 1 aromatic heterocycles. The van der Waals surface area contributed by atoms with E-state index in [-0.39, 0.29) is 19.0 Å². The molecule has 22 heavy (non-hydrogen) atoms. The topological polar surface area (TPSA) is 76.4 Å². The molecule has 1 aromatic carbocycles. The van der Waals surface area contributed by atoms with E-state index in [0.29, 0.717) is 21.1 Å². The summed E-state index contributed by atoms with van der Waals surface area (Å²) in [6.45, 7) is 1.76. The maximum Gasteiger partial charge on any atom is 0.348 e. The van der Waals surface area contributed by atoms with E-state index in [2.05, 4.69) is 0 Å². The van der Waals surface area contributed by atoms with Gasteiger partial charge in [-0.15, -0.1) is 11.3 Å². The van der Waals surface area contributed by atoms with E-state index in [4.69, 9.17) is 14.7 Å². The zero-order valence-corrected chi connectivity index (χ0v) is 12.7. The van der Waals surface area contributed by atoms with E-state index in [0.717, 1.165) is 11.3 Å². The van der Waals surface area contributed by atoms with Gasteiger partial charge >= 0.3 is 5.97 Å². The zero-order chi connectivity index (χ0) is 15.9. The van der Waals surface area contributed by atoms with Crippen LogP contribution in [-0.4, -0.2) is 25.0 Å². The Balaban J connectivity index is 1.76. The average molecular weight is 315 g/mol. The van der Waals surface area contributed by atoms with Crippen LogP contribution < -0.4 is 4.74 Å². The van der Waals surface area contributed by atoms with Gasteiger partial charge in [-0.2, -0.15) is 5.26 Å². The molecule has 0 unspecified atom stereocenters. The highest BCUT2D eigenvalue weighted by molar-refractivity contribution is 7.15. The Hall–Kier alpha value is -2.65. The third-order valence-electron chi connectivity index (χ3n) is 2.72. The first kappa shape index (κ1) is 15.7. The zero-order valence-electron chi connectivity index (χ0n) is 11.9. The lowest BCUT2D eigenvalue weighted by atomic mass is 10.2. The maximum absolute atomic E-state index is 11.8. The second-order valence-electron chi connectivity index (χ2n) is 4.34. The molecule has 0 saturated heterocycles. The van der Waals surface area contributed by atoms with Crippen molar-refractivity contribution in [2.45, 2.75) is 6.92 Å². The minimum atomic E-state index is -0.471. The lowest BCUT2D eigenvalue weighted by Gasteiger charge is -2.06. The number of hydrogen-bond acceptors (Lipinski definition) is 6. The highest BCUT2D eigenvalue weighted by Crippen LogP contribution is 2.18. The van der Waals surface area contributed by atoms with Gasteiger partial charge in [0.2, 0.25) is 0 Å². The molecule has 6 heteroatoms. The molecule has 0 atom stereocenters. The first-order valence-electron chi connectivity index (χ1n) is 6.51. The van der Waals surface area contributed by atoms with Crippen LogP contribution in [0.4, 0.5) is 0 Å². The van der Waals surface area contributed by atoms with Crippen LogP contribution in [0, 0.1) is 11.3 Å². The first-order chi connectivity index (χ1) is 10.6. The van der Waals surface area contributed by atoms with Gasteiger partial charge in [0.05, 0.1) is 16.5 Å². The molecule has 0 bridgehead atoms. The molecule has 0 N–H and O–H groups in total. The molecule has 0 fully saturated rings. The van der Waals surface area contributed by atoms with Crippen molar-refractivity contribution in [3.8, 4) is 11.8 Å². The minimum absolute atomic E-state index is 0.0757. The summed E-state index contributed by atoms with van der Waals surface area (Å²) >= 11 is 1.11. The molecule has 0 aliphatic heterocycles. The van der Waals surface area contributed by atoms with Crippen molar-refractivity contribution in [3.63, 3.8) is 0 Å². The quantitative estimate of drug-likeness (QED) is 0.465. The minimum Gasteiger partial charge on any atom is -0.490 e. The second-order valence-corrected chi connectivity index (χ2v) is 5.42. The van der Waals surface area contributed by atoms with Crippen molar-refractivity contribution < 1.29 is 19.1 Å². The van der Waals surface area contributed by atoms with Gasteiger partial charge in [-0.05, 0) is 43.3 Å². The number of carbonyl (C=O) groups is 2. The lowest BCUT2D eigenvalue weighted by molar-refractivity contribution is 0.0456. The molecule has 0 radical (unpaired) electrons. The van der Waals surface area contributed by atoms with Gasteiger partial charge in [-0.3, -0.25) is 4.79 Å². The number of nitriles is 1. The summed E-state index contributed by atoms with van der Waals surface area (Å²) in [4.78, 5) is 23.8. The molecule has 1 heterocycles. The Morgan fingerprint density at radius 3 is 2.36 bits per heavy atom. The summed E-state index contributed by atoms with van der Waals surface area (Å²) in [6, 6.07) is 11.9. The number of nitrogens with zero attached hydrogens (tertiary/aromatic N) is 1.